The molecular formula is C21H25F6N3O5. The summed E-state index contributed by atoms with van der Waals surface area (Å²) in [6.45, 7) is 3.55. The molecule has 1 unspecified atom stereocenters. The molecule has 2 aliphatic rings. The Morgan fingerprint density at radius 1 is 1.09 bits per heavy atom. The Morgan fingerprint density at radius 3 is 2.29 bits per heavy atom. The summed E-state index contributed by atoms with van der Waals surface area (Å²) in [4.78, 5) is 27.8. The zero-order chi connectivity index (χ0) is 26.0. The van der Waals surface area contributed by atoms with Gasteiger partial charge in [0.05, 0.1) is 13.2 Å². The van der Waals surface area contributed by atoms with E-state index in [1.165, 1.54) is 0 Å². The van der Waals surface area contributed by atoms with Crippen LogP contribution in [0.5, 0.6) is 0 Å². The van der Waals surface area contributed by atoms with Gasteiger partial charge in [0.15, 0.2) is 6.10 Å². The number of piperazine rings is 1. The third kappa shape index (κ3) is 6.90. The summed E-state index contributed by atoms with van der Waals surface area (Å²) in [5.41, 5.74) is 2.68. The topological polar surface area (TPSA) is 82.5 Å². The van der Waals surface area contributed by atoms with Crippen molar-refractivity contribution >= 4 is 17.7 Å². The lowest BCUT2D eigenvalue weighted by Gasteiger charge is -2.36. The average molecular weight is 513 g/mol. The summed E-state index contributed by atoms with van der Waals surface area (Å²) in [6, 6.07) is 5.68. The number of nitrogens with zero attached hydrogens (tertiary/aromatic N) is 3. The van der Waals surface area contributed by atoms with Crippen LogP contribution in [0.2, 0.25) is 0 Å². The number of ether oxygens (including phenoxy) is 2. The smallest absolute Gasteiger partial charge is 0.434 e. The third-order valence-electron chi connectivity index (χ3n) is 5.81. The van der Waals surface area contributed by atoms with Gasteiger partial charge in [-0.05, 0) is 24.1 Å². The molecule has 0 radical (unpaired) electrons. The number of carbonyl (C=O) groups is 2. The number of hydrogen-bond donors (Lipinski definition) is 1. The first-order valence-corrected chi connectivity index (χ1v) is 10.8. The van der Waals surface area contributed by atoms with Crippen LogP contribution in [0.3, 0.4) is 0 Å². The molecule has 0 bridgehead atoms. The van der Waals surface area contributed by atoms with E-state index in [1.807, 2.05) is 34.9 Å². The molecule has 2 fully saturated rings. The Bertz CT molecular complexity index is 904. The van der Waals surface area contributed by atoms with Crippen LogP contribution in [-0.2, 0) is 20.8 Å². The number of aryl methyl sites for hydroxylation is 1. The van der Waals surface area contributed by atoms with Crippen molar-refractivity contribution in [3.63, 3.8) is 0 Å². The van der Waals surface area contributed by atoms with Crippen molar-refractivity contribution in [3.05, 3.63) is 29.3 Å². The van der Waals surface area contributed by atoms with Gasteiger partial charge in [0, 0.05) is 45.0 Å². The molecule has 2 aliphatic heterocycles. The van der Waals surface area contributed by atoms with E-state index in [4.69, 9.17) is 4.74 Å². The van der Waals surface area contributed by atoms with Crippen molar-refractivity contribution in [1.82, 2.24) is 9.80 Å². The number of anilines is 1. The van der Waals surface area contributed by atoms with Gasteiger partial charge in [0.1, 0.15) is 0 Å². The molecule has 1 aromatic carbocycles. The molecule has 0 aromatic heterocycles. The molecule has 8 nitrogen and oxygen atoms in total. The number of benzene rings is 1. The maximum Gasteiger partial charge on any atom is 0.434 e. The van der Waals surface area contributed by atoms with Crippen LogP contribution in [0, 0.1) is 6.92 Å². The van der Waals surface area contributed by atoms with Crippen molar-refractivity contribution in [2.75, 3.05) is 50.8 Å². The van der Waals surface area contributed by atoms with Gasteiger partial charge in [-0.25, -0.2) is 9.59 Å². The first-order chi connectivity index (χ1) is 16.3. The monoisotopic (exact) mass is 513 g/mol. The van der Waals surface area contributed by atoms with Crippen molar-refractivity contribution in [2.24, 2.45) is 0 Å². The fraction of sp³-hybridized carbons (Fsp3) is 0.619. The number of carboxylic acids is 1. The van der Waals surface area contributed by atoms with Crippen LogP contribution >= 0.6 is 0 Å². The molecule has 1 aromatic rings. The number of alkyl halides is 6. The van der Waals surface area contributed by atoms with Gasteiger partial charge in [0.2, 0.25) is 0 Å². The number of amides is 1. The summed E-state index contributed by atoms with van der Waals surface area (Å²) in [5.74, 6) is -1.04. The van der Waals surface area contributed by atoms with E-state index in [-0.39, 0.29) is 39.3 Å². The van der Waals surface area contributed by atoms with E-state index in [0.29, 0.717) is 13.1 Å². The van der Waals surface area contributed by atoms with Crippen LogP contribution in [0.25, 0.3) is 0 Å². The fourth-order valence-corrected chi connectivity index (χ4v) is 3.95. The lowest BCUT2D eigenvalue weighted by molar-refractivity contribution is -0.308. The van der Waals surface area contributed by atoms with Gasteiger partial charge in [-0.3, -0.25) is 4.90 Å². The summed E-state index contributed by atoms with van der Waals surface area (Å²) in [7, 11) is 0. The van der Waals surface area contributed by atoms with Crippen molar-refractivity contribution in [3.8, 4) is 0 Å². The highest BCUT2D eigenvalue weighted by molar-refractivity contribution is 5.74. The van der Waals surface area contributed by atoms with Crippen molar-refractivity contribution < 1.29 is 50.5 Å². The van der Waals surface area contributed by atoms with E-state index in [9.17, 15) is 41.0 Å². The number of carboxylic acid groups (broad SMARTS) is 1. The molecule has 35 heavy (non-hydrogen) atoms. The SMILES string of the molecule is Cc1ccc(CN2CCN(C(=O)OC(C(F)(F)F)C(F)(F)F)CC2)cc1N1CCOC(C(=O)O)C1. The molecule has 0 spiro atoms. The second-order valence-corrected chi connectivity index (χ2v) is 8.37. The molecule has 1 atom stereocenters. The highest BCUT2D eigenvalue weighted by Gasteiger charge is 2.60. The van der Waals surface area contributed by atoms with E-state index in [0.717, 1.165) is 21.7 Å². The van der Waals surface area contributed by atoms with Crippen LogP contribution in [-0.4, -0.2) is 97.4 Å². The minimum atomic E-state index is -5.76. The standard InChI is InChI=1S/C21H25F6N3O5/c1-13-2-3-14(10-15(13)30-8-9-34-16(12-30)17(31)32)11-28-4-6-29(7-5-28)19(33)35-18(20(22,23)24)21(25,26)27/h2-3,10,16,18H,4-9,11-12H2,1H3,(H,31,32). The molecule has 0 saturated carbocycles. The minimum absolute atomic E-state index is 0.0935. The van der Waals surface area contributed by atoms with Crippen molar-refractivity contribution in [2.45, 2.75) is 38.0 Å². The molecule has 2 saturated heterocycles. The first kappa shape index (κ1) is 26.9. The molecule has 3 rings (SSSR count). The second-order valence-electron chi connectivity index (χ2n) is 8.37. The highest BCUT2D eigenvalue weighted by atomic mass is 19.4. The van der Waals surface area contributed by atoms with Crippen LogP contribution in [0.15, 0.2) is 18.2 Å². The van der Waals surface area contributed by atoms with Crippen LogP contribution < -0.4 is 4.90 Å². The summed E-state index contributed by atoms with van der Waals surface area (Å²) >= 11 is 0. The zero-order valence-electron chi connectivity index (χ0n) is 18.7. The zero-order valence-corrected chi connectivity index (χ0v) is 18.7. The lowest BCUT2D eigenvalue weighted by Crippen LogP contribution is -2.52. The molecule has 1 amide bonds. The highest BCUT2D eigenvalue weighted by Crippen LogP contribution is 2.36. The number of hydrogen-bond acceptors (Lipinski definition) is 6. The molecule has 1 N–H and O–H groups in total. The Hall–Kier alpha value is -2.74. The van der Waals surface area contributed by atoms with Gasteiger partial charge in [0.25, 0.3) is 6.10 Å². The van der Waals surface area contributed by atoms with Gasteiger partial charge in [-0.15, -0.1) is 0 Å². The van der Waals surface area contributed by atoms with Gasteiger partial charge >= 0.3 is 24.4 Å². The van der Waals surface area contributed by atoms with E-state index < -0.39 is 36.6 Å². The Labute approximate surface area is 197 Å². The second kappa shape index (κ2) is 10.5. The quantitative estimate of drug-likeness (QED) is 0.607. The van der Waals surface area contributed by atoms with Crippen LogP contribution in [0.4, 0.5) is 36.8 Å². The van der Waals surface area contributed by atoms with Gasteiger partial charge in [-0.2, -0.15) is 26.3 Å². The molecule has 2 heterocycles. The number of rotatable bonds is 5. The minimum Gasteiger partial charge on any atom is -0.479 e. The normalized spacial score (nSPS) is 20.3. The third-order valence-corrected chi connectivity index (χ3v) is 5.81. The first-order valence-electron chi connectivity index (χ1n) is 10.8. The summed E-state index contributed by atoms with van der Waals surface area (Å²) in [6.07, 6.45) is -18.3. The largest absolute Gasteiger partial charge is 0.479 e. The molecule has 0 aliphatic carbocycles. The predicted octanol–water partition coefficient (Wildman–Crippen LogP) is 3.03. The Balaban J connectivity index is 1.58. The maximum absolute atomic E-state index is 12.6. The fourth-order valence-electron chi connectivity index (χ4n) is 3.95. The Kier molecular flexibility index (Phi) is 8.04. The lowest BCUT2D eigenvalue weighted by atomic mass is 10.1. The number of carbonyl (C=O) groups excluding carboxylic acids is 1. The maximum atomic E-state index is 12.6. The molecule has 196 valence electrons. The number of morpholine rings is 1. The van der Waals surface area contributed by atoms with Gasteiger partial charge < -0.3 is 24.4 Å². The number of halogens is 6. The van der Waals surface area contributed by atoms with E-state index in [1.54, 1.807) is 0 Å². The Morgan fingerprint density at radius 2 is 1.71 bits per heavy atom. The summed E-state index contributed by atoms with van der Waals surface area (Å²) < 4.78 is 84.9. The van der Waals surface area contributed by atoms with Crippen molar-refractivity contribution in [1.29, 1.82) is 0 Å². The van der Waals surface area contributed by atoms with E-state index >= 15 is 0 Å². The van der Waals surface area contributed by atoms with E-state index in [2.05, 4.69) is 4.74 Å². The number of aliphatic carboxylic acids is 1. The molecule has 14 heteroatoms. The van der Waals surface area contributed by atoms with Crippen LogP contribution in [0.1, 0.15) is 11.1 Å². The van der Waals surface area contributed by atoms with Gasteiger partial charge in [-0.1, -0.05) is 12.1 Å². The predicted molar refractivity (Wildman–Crippen MR) is 110 cm³/mol. The summed E-state index contributed by atoms with van der Waals surface area (Å²) in [5, 5.41) is 9.22. The average Bonchev–Trinajstić information content (AvgIpc) is 2.77. The molecular weight excluding hydrogens is 488 g/mol.